The lowest BCUT2D eigenvalue weighted by Crippen LogP contribution is -2.28. The van der Waals surface area contributed by atoms with E-state index in [9.17, 15) is 9.59 Å². The van der Waals surface area contributed by atoms with Gasteiger partial charge < -0.3 is 5.11 Å². The number of carboxylic acid groups (broad SMARTS) is 1. The van der Waals surface area contributed by atoms with Gasteiger partial charge in [0.05, 0.1) is 6.20 Å². The molecule has 25 heavy (non-hydrogen) atoms. The Hall–Kier alpha value is -3.55. The highest BCUT2D eigenvalue weighted by Crippen LogP contribution is 2.24. The van der Waals surface area contributed by atoms with Gasteiger partial charge in [0.15, 0.2) is 11.2 Å². The first kappa shape index (κ1) is 15.0. The normalized spacial score (nSPS) is 12.5. The minimum Gasteiger partial charge on any atom is -0.480 e. The summed E-state index contributed by atoms with van der Waals surface area (Å²) in [5.41, 5.74) is 2.31. The molecule has 1 N–H and O–H groups in total. The van der Waals surface area contributed by atoms with Gasteiger partial charge >= 0.3 is 5.97 Å². The average Bonchev–Trinajstić information content (AvgIpc) is 3.06. The SMILES string of the molecule is C[C@@H](C(=O)O)n1ccc2c(nnc3c(-c4ccccc4)cnn32)c1=O. The lowest BCUT2D eigenvalue weighted by atomic mass is 10.1. The molecule has 0 saturated heterocycles. The zero-order valence-corrected chi connectivity index (χ0v) is 13.2. The second-order valence-electron chi connectivity index (χ2n) is 5.64. The first-order valence-electron chi connectivity index (χ1n) is 7.61. The van der Waals surface area contributed by atoms with Gasteiger partial charge in [0.25, 0.3) is 5.56 Å². The number of fused-ring (bicyclic) bond motifs is 3. The third-order valence-electron chi connectivity index (χ3n) is 4.15. The third-order valence-corrected chi connectivity index (χ3v) is 4.15. The molecule has 0 aliphatic rings. The number of aliphatic carboxylic acids is 1. The zero-order chi connectivity index (χ0) is 17.6. The summed E-state index contributed by atoms with van der Waals surface area (Å²) < 4.78 is 2.66. The fourth-order valence-electron chi connectivity index (χ4n) is 2.75. The molecule has 0 fully saturated rings. The molecule has 1 aromatic carbocycles. The summed E-state index contributed by atoms with van der Waals surface area (Å²) in [6, 6.07) is 10.3. The van der Waals surface area contributed by atoms with Crippen molar-refractivity contribution in [1.29, 1.82) is 0 Å². The van der Waals surface area contributed by atoms with E-state index < -0.39 is 17.6 Å². The standard InChI is InChI=1S/C17H13N5O3/c1-10(17(24)25)21-8-7-13-14(16(21)23)19-20-15-12(9-18-22(13)15)11-5-3-2-4-6-11/h2-10H,1H3,(H,24,25)/t10-/m0/s1. The molecule has 0 amide bonds. The van der Waals surface area contributed by atoms with E-state index in [1.807, 2.05) is 30.3 Å². The Bertz CT molecular complexity index is 1160. The first-order valence-corrected chi connectivity index (χ1v) is 7.61. The van der Waals surface area contributed by atoms with Crippen molar-refractivity contribution in [2.24, 2.45) is 0 Å². The van der Waals surface area contributed by atoms with Crippen LogP contribution in [-0.4, -0.2) is 35.5 Å². The van der Waals surface area contributed by atoms with E-state index in [0.717, 1.165) is 15.7 Å². The van der Waals surface area contributed by atoms with Crippen molar-refractivity contribution >= 4 is 22.6 Å². The second kappa shape index (κ2) is 5.52. The van der Waals surface area contributed by atoms with E-state index in [1.165, 1.54) is 13.1 Å². The molecule has 8 nitrogen and oxygen atoms in total. The van der Waals surface area contributed by atoms with E-state index in [2.05, 4.69) is 15.3 Å². The van der Waals surface area contributed by atoms with Crippen LogP contribution >= 0.6 is 0 Å². The second-order valence-corrected chi connectivity index (χ2v) is 5.64. The Morgan fingerprint density at radius 3 is 2.64 bits per heavy atom. The van der Waals surface area contributed by atoms with Gasteiger partial charge in [-0.1, -0.05) is 30.3 Å². The van der Waals surface area contributed by atoms with E-state index in [1.54, 1.807) is 16.8 Å². The number of carbonyl (C=O) groups is 1. The van der Waals surface area contributed by atoms with Gasteiger partial charge in [0.2, 0.25) is 0 Å². The van der Waals surface area contributed by atoms with Crippen molar-refractivity contribution in [1.82, 2.24) is 24.4 Å². The minimum atomic E-state index is -1.10. The van der Waals surface area contributed by atoms with E-state index in [4.69, 9.17) is 5.11 Å². The van der Waals surface area contributed by atoms with Crippen LogP contribution in [0, 0.1) is 0 Å². The smallest absolute Gasteiger partial charge is 0.326 e. The van der Waals surface area contributed by atoms with Crippen molar-refractivity contribution < 1.29 is 9.90 Å². The summed E-state index contributed by atoms with van der Waals surface area (Å²) in [6.07, 6.45) is 3.11. The number of hydrogen-bond donors (Lipinski definition) is 1. The van der Waals surface area contributed by atoms with Gasteiger partial charge in [-0.2, -0.15) is 5.10 Å². The molecule has 0 radical (unpaired) electrons. The zero-order valence-electron chi connectivity index (χ0n) is 13.2. The number of hydrogen-bond acceptors (Lipinski definition) is 5. The van der Waals surface area contributed by atoms with Crippen LogP contribution in [0.15, 0.2) is 53.6 Å². The maximum Gasteiger partial charge on any atom is 0.326 e. The van der Waals surface area contributed by atoms with Gasteiger partial charge in [-0.25, -0.2) is 9.31 Å². The highest BCUT2D eigenvalue weighted by Gasteiger charge is 2.18. The fourth-order valence-corrected chi connectivity index (χ4v) is 2.75. The molecular formula is C17H13N5O3. The molecule has 3 heterocycles. The highest BCUT2D eigenvalue weighted by molar-refractivity contribution is 5.82. The lowest BCUT2D eigenvalue weighted by Gasteiger charge is -2.11. The van der Waals surface area contributed by atoms with Gasteiger partial charge in [-0.3, -0.25) is 9.36 Å². The van der Waals surface area contributed by atoms with Crippen molar-refractivity contribution in [3.63, 3.8) is 0 Å². The number of aromatic nitrogens is 5. The summed E-state index contributed by atoms with van der Waals surface area (Å²) in [5, 5.41) is 21.6. The van der Waals surface area contributed by atoms with Crippen LogP contribution in [0.4, 0.5) is 0 Å². The van der Waals surface area contributed by atoms with Crippen molar-refractivity contribution in [3.8, 4) is 11.1 Å². The molecule has 0 bridgehead atoms. The molecular weight excluding hydrogens is 322 g/mol. The summed E-state index contributed by atoms with van der Waals surface area (Å²) in [4.78, 5) is 23.7. The largest absolute Gasteiger partial charge is 0.480 e. The van der Waals surface area contributed by atoms with Gasteiger partial charge in [0.1, 0.15) is 11.6 Å². The highest BCUT2D eigenvalue weighted by atomic mass is 16.4. The third kappa shape index (κ3) is 2.26. The fraction of sp³-hybridized carbons (Fsp3) is 0.118. The molecule has 0 saturated carbocycles. The number of nitrogens with zero attached hydrogens (tertiary/aromatic N) is 5. The Kier molecular flexibility index (Phi) is 3.31. The predicted octanol–water partition coefficient (Wildman–Crippen LogP) is 1.75. The molecule has 8 heteroatoms. The van der Waals surface area contributed by atoms with Crippen LogP contribution in [-0.2, 0) is 4.79 Å². The maximum absolute atomic E-state index is 12.6. The molecule has 0 aliphatic carbocycles. The van der Waals surface area contributed by atoms with Crippen LogP contribution in [0.5, 0.6) is 0 Å². The van der Waals surface area contributed by atoms with Crippen LogP contribution in [0.1, 0.15) is 13.0 Å². The Labute approximate surface area is 141 Å². The van der Waals surface area contributed by atoms with Crippen LogP contribution in [0.3, 0.4) is 0 Å². The van der Waals surface area contributed by atoms with Gasteiger partial charge in [-0.15, -0.1) is 10.2 Å². The quantitative estimate of drug-likeness (QED) is 0.612. The number of rotatable bonds is 3. The molecule has 124 valence electrons. The number of benzene rings is 1. The molecule has 4 rings (SSSR count). The van der Waals surface area contributed by atoms with Crippen LogP contribution in [0.2, 0.25) is 0 Å². The Balaban J connectivity index is 1.97. The van der Waals surface area contributed by atoms with Gasteiger partial charge in [-0.05, 0) is 18.6 Å². The summed E-state index contributed by atoms with van der Waals surface area (Å²) >= 11 is 0. The molecule has 0 unspecified atom stereocenters. The summed E-state index contributed by atoms with van der Waals surface area (Å²) in [7, 11) is 0. The maximum atomic E-state index is 12.6. The van der Waals surface area contributed by atoms with E-state index in [0.29, 0.717) is 11.2 Å². The molecule has 0 aliphatic heterocycles. The molecule has 4 aromatic rings. The Morgan fingerprint density at radius 1 is 1.16 bits per heavy atom. The van der Waals surface area contributed by atoms with Crippen LogP contribution in [0.25, 0.3) is 27.8 Å². The molecule has 3 aromatic heterocycles. The summed E-state index contributed by atoms with van der Waals surface area (Å²) in [5.74, 6) is -1.10. The summed E-state index contributed by atoms with van der Waals surface area (Å²) in [6.45, 7) is 1.43. The lowest BCUT2D eigenvalue weighted by molar-refractivity contribution is -0.140. The average molecular weight is 335 g/mol. The van der Waals surface area contributed by atoms with E-state index in [-0.39, 0.29) is 5.52 Å². The number of pyridine rings is 1. The predicted molar refractivity (Wildman–Crippen MR) is 90.3 cm³/mol. The van der Waals surface area contributed by atoms with E-state index >= 15 is 0 Å². The first-order chi connectivity index (χ1) is 12.1. The van der Waals surface area contributed by atoms with Crippen molar-refractivity contribution in [3.05, 3.63) is 59.1 Å². The van der Waals surface area contributed by atoms with Gasteiger partial charge in [0, 0.05) is 11.8 Å². The van der Waals surface area contributed by atoms with Crippen molar-refractivity contribution in [2.75, 3.05) is 0 Å². The monoisotopic (exact) mass is 335 g/mol. The molecule has 0 spiro atoms. The minimum absolute atomic E-state index is 0.0748. The number of carboxylic acids is 1. The van der Waals surface area contributed by atoms with Crippen LogP contribution < -0.4 is 5.56 Å². The van der Waals surface area contributed by atoms with Crippen molar-refractivity contribution in [2.45, 2.75) is 13.0 Å². The Morgan fingerprint density at radius 2 is 1.92 bits per heavy atom. The molecule has 1 atom stereocenters. The topological polar surface area (TPSA) is 102 Å².